The number of rotatable bonds is 2. The lowest BCUT2D eigenvalue weighted by Gasteiger charge is -2.41. The highest BCUT2D eigenvalue weighted by Crippen LogP contribution is 2.33. The summed E-state index contributed by atoms with van der Waals surface area (Å²) in [5.41, 5.74) is 5.14. The van der Waals surface area contributed by atoms with Crippen molar-refractivity contribution >= 4 is 10.9 Å². The maximum absolute atomic E-state index is 12.4. The van der Waals surface area contributed by atoms with Gasteiger partial charge in [0.2, 0.25) is 0 Å². The van der Waals surface area contributed by atoms with Crippen LogP contribution in [0.3, 0.4) is 0 Å². The van der Waals surface area contributed by atoms with E-state index in [1.807, 2.05) is 6.07 Å². The van der Waals surface area contributed by atoms with Gasteiger partial charge in [0.05, 0.1) is 13.6 Å². The molecule has 0 amide bonds. The number of quaternary nitrogens is 1. The number of para-hydroxylation sites is 1. The maximum atomic E-state index is 12.4. The molecule has 0 saturated carbocycles. The first-order valence-electron chi connectivity index (χ1n) is 7.82. The lowest BCUT2D eigenvalue weighted by Crippen LogP contribution is -2.42. The molecule has 0 radical (unpaired) electrons. The Morgan fingerprint density at radius 3 is 2.59 bits per heavy atom. The van der Waals surface area contributed by atoms with Gasteiger partial charge in [0.1, 0.15) is 6.54 Å². The number of hydroxylamine groups is 3. The highest BCUT2D eigenvalue weighted by molar-refractivity contribution is 5.85. The molecule has 0 bridgehead atoms. The van der Waals surface area contributed by atoms with Gasteiger partial charge < -0.3 is 14.4 Å². The fourth-order valence-corrected chi connectivity index (χ4v) is 3.59. The van der Waals surface area contributed by atoms with E-state index in [2.05, 4.69) is 53.1 Å². The van der Waals surface area contributed by atoms with Crippen LogP contribution in [0.5, 0.6) is 0 Å². The van der Waals surface area contributed by atoms with Crippen LogP contribution in [-0.4, -0.2) is 22.8 Å². The van der Waals surface area contributed by atoms with E-state index >= 15 is 0 Å². The average Bonchev–Trinajstić information content (AvgIpc) is 2.81. The summed E-state index contributed by atoms with van der Waals surface area (Å²) in [6, 6.07) is 19.0. The lowest BCUT2D eigenvalue weighted by molar-refractivity contribution is -0.876. The van der Waals surface area contributed by atoms with Crippen LogP contribution in [0, 0.1) is 5.21 Å². The Kier molecular flexibility index (Phi) is 3.06. The van der Waals surface area contributed by atoms with Crippen molar-refractivity contribution in [3.8, 4) is 0 Å². The van der Waals surface area contributed by atoms with Crippen LogP contribution in [0.1, 0.15) is 16.8 Å². The van der Waals surface area contributed by atoms with Crippen LogP contribution in [0.15, 0.2) is 54.6 Å². The summed E-state index contributed by atoms with van der Waals surface area (Å²) in [6.45, 7) is 2.12. The molecule has 3 nitrogen and oxygen atoms in total. The summed E-state index contributed by atoms with van der Waals surface area (Å²) in [6.07, 6.45) is 0.858. The van der Waals surface area contributed by atoms with Gasteiger partial charge in [-0.1, -0.05) is 48.5 Å². The summed E-state index contributed by atoms with van der Waals surface area (Å²) >= 11 is 0. The molecule has 1 unspecified atom stereocenters. The highest BCUT2D eigenvalue weighted by Gasteiger charge is 2.27. The third-order valence-corrected chi connectivity index (χ3v) is 4.69. The summed E-state index contributed by atoms with van der Waals surface area (Å²) in [5, 5.41) is 13.7. The van der Waals surface area contributed by atoms with E-state index in [0.29, 0.717) is 13.1 Å². The summed E-state index contributed by atoms with van der Waals surface area (Å²) in [4.78, 5) is 0. The first-order chi connectivity index (χ1) is 10.6. The van der Waals surface area contributed by atoms with E-state index in [0.717, 1.165) is 13.0 Å². The molecule has 1 aromatic heterocycles. The van der Waals surface area contributed by atoms with Crippen molar-refractivity contribution in [2.24, 2.45) is 0 Å². The molecule has 3 heteroatoms. The van der Waals surface area contributed by atoms with Gasteiger partial charge in [-0.3, -0.25) is 0 Å². The van der Waals surface area contributed by atoms with E-state index in [1.54, 1.807) is 7.05 Å². The third kappa shape index (κ3) is 2.23. The fourth-order valence-electron chi connectivity index (χ4n) is 3.59. The number of likely N-dealkylation sites (N-methyl/N-ethyl adjacent to an activating group) is 1. The molecule has 0 saturated heterocycles. The molecule has 2 aromatic carbocycles. The molecule has 0 N–H and O–H groups in total. The third-order valence-electron chi connectivity index (χ3n) is 4.69. The predicted molar refractivity (Wildman–Crippen MR) is 89.3 cm³/mol. The summed E-state index contributed by atoms with van der Waals surface area (Å²) in [5.74, 6) is 0. The topological polar surface area (TPSA) is 28.0 Å². The molecule has 0 fully saturated rings. The van der Waals surface area contributed by atoms with Crippen molar-refractivity contribution in [2.45, 2.75) is 19.5 Å². The number of hydrogen-bond donors (Lipinski definition) is 0. The van der Waals surface area contributed by atoms with Crippen molar-refractivity contribution in [3.05, 3.63) is 76.6 Å². The van der Waals surface area contributed by atoms with Gasteiger partial charge in [-0.05, 0) is 11.6 Å². The average molecular weight is 292 g/mol. The van der Waals surface area contributed by atoms with Gasteiger partial charge >= 0.3 is 0 Å². The molecule has 0 aliphatic carbocycles. The Hall–Kier alpha value is -2.10. The number of fused-ring (bicyclic) bond motifs is 3. The van der Waals surface area contributed by atoms with Gasteiger partial charge in [-0.2, -0.15) is 0 Å². The van der Waals surface area contributed by atoms with E-state index in [9.17, 15) is 5.21 Å². The van der Waals surface area contributed by atoms with Crippen molar-refractivity contribution in [3.63, 3.8) is 0 Å². The summed E-state index contributed by atoms with van der Waals surface area (Å²) in [7, 11) is 1.78. The Labute approximate surface area is 130 Å². The summed E-state index contributed by atoms with van der Waals surface area (Å²) < 4.78 is 2.24. The normalized spacial score (nSPS) is 21.0. The molecular formula is C19H20N2O. The number of nitrogens with zero attached hydrogens (tertiary/aromatic N) is 2. The van der Waals surface area contributed by atoms with Gasteiger partial charge in [-0.25, -0.2) is 0 Å². The minimum atomic E-state index is -0.160. The molecule has 2 heterocycles. The monoisotopic (exact) mass is 292 g/mol. The first kappa shape index (κ1) is 13.6. The van der Waals surface area contributed by atoms with Gasteiger partial charge in [-0.15, -0.1) is 0 Å². The predicted octanol–water partition coefficient (Wildman–Crippen LogP) is 3.69. The largest absolute Gasteiger partial charge is 0.633 e. The molecular weight excluding hydrogens is 272 g/mol. The molecule has 112 valence electrons. The first-order valence-corrected chi connectivity index (χ1v) is 7.82. The number of benzene rings is 2. The van der Waals surface area contributed by atoms with E-state index in [4.69, 9.17) is 0 Å². The van der Waals surface area contributed by atoms with Gasteiger partial charge in [0.15, 0.2) is 0 Å². The fraction of sp³-hybridized carbons (Fsp3) is 0.263. The standard InChI is InChI=1S/C19H20N2O/c1-21(22)12-11-19-17(14-21)16-9-5-6-10-18(16)20(19)13-15-7-3-2-4-8-15/h2-10H,11-14H2,1H3. The van der Waals surface area contributed by atoms with Crippen molar-refractivity contribution in [1.82, 2.24) is 4.57 Å². The van der Waals surface area contributed by atoms with Crippen molar-refractivity contribution in [1.29, 1.82) is 0 Å². The second-order valence-corrected chi connectivity index (χ2v) is 6.44. The van der Waals surface area contributed by atoms with Crippen molar-refractivity contribution in [2.75, 3.05) is 13.6 Å². The van der Waals surface area contributed by atoms with E-state index in [-0.39, 0.29) is 4.65 Å². The minimum absolute atomic E-state index is 0.160. The smallest absolute Gasteiger partial charge is 0.106 e. The van der Waals surface area contributed by atoms with E-state index < -0.39 is 0 Å². The van der Waals surface area contributed by atoms with Crippen LogP contribution in [0.2, 0.25) is 0 Å². The van der Waals surface area contributed by atoms with Crippen molar-refractivity contribution < 1.29 is 4.65 Å². The maximum Gasteiger partial charge on any atom is 0.106 e. The van der Waals surface area contributed by atoms with Crippen LogP contribution >= 0.6 is 0 Å². The Bertz CT molecular complexity index is 818. The lowest BCUT2D eigenvalue weighted by atomic mass is 10.0. The van der Waals surface area contributed by atoms with Crippen LogP contribution in [0.25, 0.3) is 10.9 Å². The van der Waals surface area contributed by atoms with Crippen LogP contribution in [-0.2, 0) is 19.5 Å². The molecule has 22 heavy (non-hydrogen) atoms. The number of aromatic nitrogens is 1. The zero-order chi connectivity index (χ0) is 15.2. The van der Waals surface area contributed by atoms with Crippen LogP contribution in [0.4, 0.5) is 0 Å². The van der Waals surface area contributed by atoms with Gasteiger partial charge in [0, 0.05) is 35.1 Å². The SMILES string of the molecule is C[N+]1([O-])CCc2c(c3ccccc3n2Cc2ccccc2)C1. The van der Waals surface area contributed by atoms with Crippen LogP contribution < -0.4 is 0 Å². The molecule has 0 spiro atoms. The zero-order valence-electron chi connectivity index (χ0n) is 12.8. The zero-order valence-corrected chi connectivity index (χ0v) is 12.8. The second kappa shape index (κ2) is 4.97. The minimum Gasteiger partial charge on any atom is -0.633 e. The molecule has 4 rings (SSSR count). The number of hydrogen-bond acceptors (Lipinski definition) is 1. The quantitative estimate of drug-likeness (QED) is 0.523. The Morgan fingerprint density at radius 2 is 1.77 bits per heavy atom. The molecule has 1 aliphatic heterocycles. The van der Waals surface area contributed by atoms with Gasteiger partial charge in [0.25, 0.3) is 0 Å². The molecule has 3 aromatic rings. The second-order valence-electron chi connectivity index (χ2n) is 6.44. The molecule has 1 aliphatic rings. The molecule has 1 atom stereocenters. The van der Waals surface area contributed by atoms with E-state index in [1.165, 1.54) is 27.7 Å². The highest BCUT2D eigenvalue weighted by atomic mass is 16.5. The Balaban J connectivity index is 1.88. The Morgan fingerprint density at radius 1 is 1.05 bits per heavy atom.